The zero-order valence-electron chi connectivity index (χ0n) is 13.9. The van der Waals surface area contributed by atoms with Gasteiger partial charge in [-0.1, -0.05) is 0 Å². The molecule has 6 heteroatoms. The van der Waals surface area contributed by atoms with Crippen LogP contribution in [-0.4, -0.2) is 63.2 Å². The lowest BCUT2D eigenvalue weighted by molar-refractivity contribution is -0.135. The van der Waals surface area contributed by atoms with E-state index in [1.807, 2.05) is 19.2 Å². The Hall–Kier alpha value is -2.08. The zero-order chi connectivity index (χ0) is 16.7. The molecule has 1 aromatic carbocycles. The molecule has 1 aromatic rings. The fourth-order valence-corrected chi connectivity index (χ4v) is 2.41. The van der Waals surface area contributed by atoms with Gasteiger partial charge in [0.25, 0.3) is 5.91 Å². The molecule has 0 radical (unpaired) electrons. The molecule has 6 nitrogen and oxygen atoms in total. The van der Waals surface area contributed by atoms with Crippen LogP contribution in [0.4, 0.5) is 5.69 Å². The highest BCUT2D eigenvalue weighted by Crippen LogP contribution is 2.13. The molecule has 1 saturated heterocycles. The van der Waals surface area contributed by atoms with Crippen molar-refractivity contribution in [2.24, 2.45) is 0 Å². The summed E-state index contributed by atoms with van der Waals surface area (Å²) in [6.45, 7) is 5.80. The molecule has 0 saturated carbocycles. The average Bonchev–Trinajstić information content (AvgIpc) is 2.61. The van der Waals surface area contributed by atoms with Crippen LogP contribution in [0.2, 0.25) is 0 Å². The zero-order valence-corrected chi connectivity index (χ0v) is 13.9. The minimum atomic E-state index is -0.148. The number of amides is 2. The minimum Gasteiger partial charge on any atom is -0.378 e. The summed E-state index contributed by atoms with van der Waals surface area (Å²) in [6, 6.07) is 7.47. The van der Waals surface area contributed by atoms with Gasteiger partial charge in [0.1, 0.15) is 0 Å². The number of anilines is 1. The van der Waals surface area contributed by atoms with Crippen molar-refractivity contribution in [2.75, 3.05) is 51.3 Å². The summed E-state index contributed by atoms with van der Waals surface area (Å²) in [7, 11) is 2.01. The molecule has 1 fully saturated rings. The monoisotopic (exact) mass is 319 g/mol. The van der Waals surface area contributed by atoms with E-state index >= 15 is 0 Å². The Bertz CT molecular complexity index is 524. The Morgan fingerprint density at radius 2 is 1.87 bits per heavy atom. The van der Waals surface area contributed by atoms with E-state index in [1.54, 1.807) is 17.0 Å². The third kappa shape index (κ3) is 4.96. The third-order valence-electron chi connectivity index (χ3n) is 4.03. The summed E-state index contributed by atoms with van der Waals surface area (Å²) >= 11 is 0. The smallest absolute Gasteiger partial charge is 0.251 e. The van der Waals surface area contributed by atoms with Gasteiger partial charge in [0, 0.05) is 50.9 Å². The average molecular weight is 319 g/mol. The molecule has 126 valence electrons. The summed E-state index contributed by atoms with van der Waals surface area (Å²) in [5.74, 6) is -0.0843. The molecule has 0 spiro atoms. The highest BCUT2D eigenvalue weighted by atomic mass is 16.5. The maximum Gasteiger partial charge on any atom is 0.251 e. The lowest BCUT2D eigenvalue weighted by Crippen LogP contribution is -2.42. The van der Waals surface area contributed by atoms with Crippen LogP contribution in [-0.2, 0) is 9.53 Å². The molecule has 1 N–H and O–H groups in total. The molecular weight excluding hydrogens is 294 g/mol. The SMILES string of the molecule is CCN(C)c1ccc(C(=O)NCCC(=O)N2CCOCC2)cc1. The van der Waals surface area contributed by atoms with Gasteiger partial charge < -0.3 is 19.9 Å². The van der Waals surface area contributed by atoms with E-state index in [0.717, 1.165) is 12.2 Å². The maximum atomic E-state index is 12.1. The molecule has 0 atom stereocenters. The van der Waals surface area contributed by atoms with Gasteiger partial charge in [0.05, 0.1) is 13.2 Å². The molecule has 1 heterocycles. The van der Waals surface area contributed by atoms with Gasteiger partial charge in [0.15, 0.2) is 0 Å². The number of carbonyl (C=O) groups is 2. The summed E-state index contributed by atoms with van der Waals surface area (Å²) < 4.78 is 5.22. The van der Waals surface area contributed by atoms with E-state index in [-0.39, 0.29) is 11.8 Å². The topological polar surface area (TPSA) is 61.9 Å². The van der Waals surface area contributed by atoms with Crippen LogP contribution in [0.1, 0.15) is 23.7 Å². The first-order valence-electron chi connectivity index (χ1n) is 8.06. The van der Waals surface area contributed by atoms with Crippen molar-refractivity contribution in [3.63, 3.8) is 0 Å². The third-order valence-corrected chi connectivity index (χ3v) is 4.03. The largest absolute Gasteiger partial charge is 0.378 e. The number of rotatable bonds is 6. The van der Waals surface area contributed by atoms with Crippen LogP contribution in [0.5, 0.6) is 0 Å². The Morgan fingerprint density at radius 3 is 2.48 bits per heavy atom. The number of hydrogen-bond donors (Lipinski definition) is 1. The van der Waals surface area contributed by atoms with Crippen molar-refractivity contribution in [1.29, 1.82) is 0 Å². The molecule has 0 aliphatic carbocycles. The van der Waals surface area contributed by atoms with Gasteiger partial charge in [-0.15, -0.1) is 0 Å². The lowest BCUT2D eigenvalue weighted by atomic mass is 10.2. The van der Waals surface area contributed by atoms with Crippen molar-refractivity contribution in [3.8, 4) is 0 Å². The summed E-state index contributed by atoms with van der Waals surface area (Å²) in [6.07, 6.45) is 0.322. The number of benzene rings is 1. The fourth-order valence-electron chi connectivity index (χ4n) is 2.41. The van der Waals surface area contributed by atoms with E-state index in [4.69, 9.17) is 4.74 Å². The van der Waals surface area contributed by atoms with E-state index < -0.39 is 0 Å². The standard InChI is InChI=1S/C17H25N3O3/c1-3-19(2)15-6-4-14(5-7-15)17(22)18-9-8-16(21)20-10-12-23-13-11-20/h4-7H,3,8-13H2,1-2H3,(H,18,22). The number of ether oxygens (including phenoxy) is 1. The molecule has 23 heavy (non-hydrogen) atoms. The first-order valence-corrected chi connectivity index (χ1v) is 8.06. The van der Waals surface area contributed by atoms with Crippen LogP contribution in [0, 0.1) is 0 Å². The van der Waals surface area contributed by atoms with Crippen LogP contribution in [0.15, 0.2) is 24.3 Å². The number of nitrogens with zero attached hydrogens (tertiary/aromatic N) is 2. The Kier molecular flexibility index (Phi) is 6.40. The van der Waals surface area contributed by atoms with Crippen molar-refractivity contribution >= 4 is 17.5 Å². The van der Waals surface area contributed by atoms with E-state index in [2.05, 4.69) is 17.1 Å². The fraction of sp³-hybridized carbons (Fsp3) is 0.529. The molecule has 1 aliphatic heterocycles. The normalized spacial score (nSPS) is 14.4. The summed E-state index contributed by atoms with van der Waals surface area (Å²) in [5, 5.41) is 2.80. The molecular formula is C17H25N3O3. The van der Waals surface area contributed by atoms with Gasteiger partial charge in [-0.05, 0) is 31.2 Å². The molecule has 2 amide bonds. The number of carbonyl (C=O) groups excluding carboxylic acids is 2. The number of morpholine rings is 1. The Morgan fingerprint density at radius 1 is 1.22 bits per heavy atom. The lowest BCUT2D eigenvalue weighted by Gasteiger charge is -2.26. The predicted molar refractivity (Wildman–Crippen MR) is 89.7 cm³/mol. The van der Waals surface area contributed by atoms with Gasteiger partial charge in [0.2, 0.25) is 5.91 Å². The predicted octanol–water partition coefficient (Wildman–Crippen LogP) is 1.12. The first-order chi connectivity index (χ1) is 11.1. The Balaban J connectivity index is 1.77. The first kappa shape index (κ1) is 17.3. The second-order valence-electron chi connectivity index (χ2n) is 5.56. The van der Waals surface area contributed by atoms with Crippen LogP contribution in [0.3, 0.4) is 0 Å². The molecule has 0 bridgehead atoms. The summed E-state index contributed by atoms with van der Waals surface area (Å²) in [5.41, 5.74) is 1.68. The molecule has 1 aliphatic rings. The van der Waals surface area contributed by atoms with Crippen LogP contribution < -0.4 is 10.2 Å². The molecule has 0 aromatic heterocycles. The molecule has 2 rings (SSSR count). The van der Waals surface area contributed by atoms with Crippen molar-refractivity contribution < 1.29 is 14.3 Å². The number of hydrogen-bond acceptors (Lipinski definition) is 4. The Labute approximate surface area is 137 Å². The maximum absolute atomic E-state index is 12.1. The van der Waals surface area contributed by atoms with Crippen LogP contribution in [0.25, 0.3) is 0 Å². The van der Waals surface area contributed by atoms with Gasteiger partial charge in [-0.25, -0.2) is 0 Å². The van der Waals surface area contributed by atoms with Gasteiger partial charge >= 0.3 is 0 Å². The second kappa shape index (κ2) is 8.53. The van der Waals surface area contributed by atoms with Crippen molar-refractivity contribution in [1.82, 2.24) is 10.2 Å². The van der Waals surface area contributed by atoms with E-state index in [0.29, 0.717) is 44.8 Å². The quantitative estimate of drug-likeness (QED) is 0.853. The highest BCUT2D eigenvalue weighted by Gasteiger charge is 2.16. The van der Waals surface area contributed by atoms with Gasteiger partial charge in [-0.3, -0.25) is 9.59 Å². The summed E-state index contributed by atoms with van der Waals surface area (Å²) in [4.78, 5) is 27.9. The van der Waals surface area contributed by atoms with Crippen LogP contribution >= 0.6 is 0 Å². The minimum absolute atomic E-state index is 0.0634. The highest BCUT2D eigenvalue weighted by molar-refractivity contribution is 5.94. The van der Waals surface area contributed by atoms with E-state index in [1.165, 1.54) is 0 Å². The molecule has 0 unspecified atom stereocenters. The second-order valence-corrected chi connectivity index (χ2v) is 5.56. The van der Waals surface area contributed by atoms with Crippen molar-refractivity contribution in [2.45, 2.75) is 13.3 Å². The van der Waals surface area contributed by atoms with E-state index in [9.17, 15) is 9.59 Å². The van der Waals surface area contributed by atoms with Gasteiger partial charge in [-0.2, -0.15) is 0 Å². The van der Waals surface area contributed by atoms with Crippen molar-refractivity contribution in [3.05, 3.63) is 29.8 Å². The number of nitrogens with one attached hydrogen (secondary N) is 1.